The second kappa shape index (κ2) is 22.2. The molecule has 0 saturated heterocycles. The molecule has 3 heteroatoms. The third-order valence-electron chi connectivity index (χ3n) is 24.2. The molecule has 492 valence electrons. The molecule has 0 unspecified atom stereocenters. The average Bonchev–Trinajstić information content (AvgIpc) is 1.52. The predicted molar refractivity (Wildman–Crippen MR) is 434 cm³/mol. The molecule has 3 spiro atoms. The number of aryl methyl sites for hydroxylation is 3. The molecule has 22 rings (SSSR count). The molecule has 0 fully saturated rings. The van der Waals surface area contributed by atoms with E-state index in [2.05, 4.69) is 399 Å². The zero-order chi connectivity index (χ0) is 69.4. The van der Waals surface area contributed by atoms with Gasteiger partial charge in [-0.05, 0) is 262 Å². The average molecular weight is 1340 g/mol. The Hall–Kier alpha value is -13.1. The van der Waals surface area contributed by atoms with Crippen LogP contribution < -0.4 is 14.7 Å². The minimum atomic E-state index is -0.569. The van der Waals surface area contributed by atoms with Crippen LogP contribution >= 0.6 is 0 Å². The molecule has 0 bridgehead atoms. The molecule has 0 N–H and O–H groups in total. The first-order valence-corrected chi connectivity index (χ1v) is 36.9. The van der Waals surface area contributed by atoms with Gasteiger partial charge < -0.3 is 14.7 Å². The van der Waals surface area contributed by atoms with E-state index < -0.39 is 16.2 Å². The van der Waals surface area contributed by atoms with Gasteiger partial charge in [0, 0.05) is 34.1 Å². The van der Waals surface area contributed by atoms with E-state index in [9.17, 15) is 0 Å². The lowest BCUT2D eigenvalue weighted by molar-refractivity contribution is 0.793. The van der Waals surface area contributed by atoms with E-state index >= 15 is 0 Å². The van der Waals surface area contributed by atoms with E-state index in [1.807, 2.05) is 0 Å². The minimum Gasteiger partial charge on any atom is -0.310 e. The van der Waals surface area contributed by atoms with E-state index in [-0.39, 0.29) is 0 Å². The van der Waals surface area contributed by atoms with Crippen molar-refractivity contribution in [3.8, 4) is 66.8 Å². The first-order chi connectivity index (χ1) is 51.8. The summed E-state index contributed by atoms with van der Waals surface area (Å²) in [4.78, 5) is 7.65. The topological polar surface area (TPSA) is 9.72 Å². The lowest BCUT2D eigenvalue weighted by Gasteiger charge is -2.35. The van der Waals surface area contributed by atoms with Crippen molar-refractivity contribution in [2.45, 2.75) is 37.0 Å². The Kier molecular flexibility index (Phi) is 12.6. The van der Waals surface area contributed by atoms with Crippen molar-refractivity contribution < 1.29 is 0 Å². The Morgan fingerprint density at radius 3 is 0.524 bits per heavy atom. The van der Waals surface area contributed by atoms with Crippen molar-refractivity contribution in [3.63, 3.8) is 0 Å². The molecule has 0 atom stereocenters. The SMILES string of the molecule is Cc1cccc(N(c2cc(N(c3cccc(C)c3)c3ccc4c(c3)C3(c5ccccc5-c5ccccc53)c3ccccc3-4)cc(N(c3cccc(C)c3)c3ccc4c(c3)C3(c5ccccc5-c5ccccc53)c3ccccc3-4)c2)c2ccc3c(c2)C2(c4ccccc4-c4ccccc42)c2ccccc2-3)c1. The van der Waals surface area contributed by atoms with Gasteiger partial charge in [-0.2, -0.15) is 0 Å². The van der Waals surface area contributed by atoms with Crippen LogP contribution in [-0.4, -0.2) is 0 Å². The van der Waals surface area contributed by atoms with Crippen LogP contribution in [0.15, 0.2) is 364 Å². The Labute approximate surface area is 613 Å². The summed E-state index contributed by atoms with van der Waals surface area (Å²) in [5.74, 6) is 0. The molecule has 0 radical (unpaired) electrons. The van der Waals surface area contributed by atoms with Crippen molar-refractivity contribution in [1.29, 1.82) is 0 Å². The van der Waals surface area contributed by atoms with Gasteiger partial charge in [0.25, 0.3) is 0 Å². The normalized spacial score (nSPS) is 14.1. The molecule has 0 aromatic heterocycles. The fraction of sp³-hybridized carbons (Fsp3) is 0.0588. The van der Waals surface area contributed by atoms with Crippen molar-refractivity contribution in [3.05, 3.63) is 447 Å². The summed E-state index contributed by atoms with van der Waals surface area (Å²) in [5, 5.41) is 0. The quantitative estimate of drug-likeness (QED) is 0.143. The van der Waals surface area contributed by atoms with Crippen LogP contribution in [-0.2, 0) is 16.2 Å². The van der Waals surface area contributed by atoms with Crippen LogP contribution in [0.25, 0.3) is 66.8 Å². The highest BCUT2D eigenvalue weighted by molar-refractivity contribution is 6.02. The fourth-order valence-corrected chi connectivity index (χ4v) is 20.3. The molecular weight excluding hydrogens is 1270 g/mol. The molecule has 0 amide bonds. The third-order valence-corrected chi connectivity index (χ3v) is 24.2. The van der Waals surface area contributed by atoms with Gasteiger partial charge in [-0.3, -0.25) is 0 Å². The second-order valence-electron chi connectivity index (χ2n) is 29.6. The van der Waals surface area contributed by atoms with E-state index in [4.69, 9.17) is 0 Å². The zero-order valence-corrected chi connectivity index (χ0v) is 58.5. The molecular formula is C102H69N3. The Balaban J connectivity index is 0.835. The molecule has 6 aliphatic rings. The number of hydrogen-bond acceptors (Lipinski definition) is 3. The lowest BCUT2D eigenvalue weighted by Crippen LogP contribution is -2.26. The molecule has 3 nitrogen and oxygen atoms in total. The number of anilines is 9. The molecule has 0 saturated carbocycles. The number of rotatable bonds is 9. The maximum absolute atomic E-state index is 2.55. The van der Waals surface area contributed by atoms with Crippen molar-refractivity contribution in [1.82, 2.24) is 0 Å². The summed E-state index contributed by atoms with van der Waals surface area (Å²) in [7, 11) is 0. The number of benzene rings is 16. The maximum Gasteiger partial charge on any atom is 0.0726 e. The van der Waals surface area contributed by atoms with E-state index in [0.29, 0.717) is 0 Å². The third kappa shape index (κ3) is 8.05. The van der Waals surface area contributed by atoms with Gasteiger partial charge in [0.15, 0.2) is 0 Å². The Morgan fingerprint density at radius 2 is 0.324 bits per heavy atom. The molecule has 0 aliphatic heterocycles. The van der Waals surface area contributed by atoms with Crippen LogP contribution in [0, 0.1) is 20.8 Å². The predicted octanol–water partition coefficient (Wildman–Crippen LogP) is 26.1. The van der Waals surface area contributed by atoms with Gasteiger partial charge in [-0.15, -0.1) is 0 Å². The van der Waals surface area contributed by atoms with Crippen LogP contribution in [0.1, 0.15) is 83.5 Å². The van der Waals surface area contributed by atoms with Gasteiger partial charge in [0.1, 0.15) is 0 Å². The monoisotopic (exact) mass is 1340 g/mol. The summed E-state index contributed by atoms with van der Waals surface area (Å²) >= 11 is 0. The molecule has 16 aromatic rings. The van der Waals surface area contributed by atoms with Crippen LogP contribution in [0.4, 0.5) is 51.2 Å². The summed E-state index contributed by atoms with van der Waals surface area (Å²) in [6.07, 6.45) is 0. The number of hydrogen-bond donors (Lipinski definition) is 0. The van der Waals surface area contributed by atoms with E-state index in [1.54, 1.807) is 0 Å². The van der Waals surface area contributed by atoms with Crippen molar-refractivity contribution in [2.75, 3.05) is 14.7 Å². The highest BCUT2D eigenvalue weighted by Crippen LogP contribution is 2.67. The van der Waals surface area contributed by atoms with E-state index in [0.717, 1.165) is 51.2 Å². The standard InChI is InChI=1S/C102H69N3/c1-64-25-22-28-67(55-64)103(70-49-52-85-82-37-10-19-46-94(82)100(97(85)61-70)88-40-13-4-31-76(88)77-32-5-14-41-89(77)100)73-58-74(104(68-29-23-26-65(2)56-68)71-50-53-86-83-38-11-20-47-95(83)101(98(86)62-71)90-42-15-6-33-78(90)79-34-7-16-43-91(79)101)60-75(59-73)105(69-30-24-27-66(3)57-69)72-51-54-87-84-39-12-21-48-96(84)102(99(87)63-72)92-44-17-8-35-80(92)81-36-9-18-45-93(81)102/h4-63H,1-3H3. The highest BCUT2D eigenvalue weighted by atomic mass is 15.2. The van der Waals surface area contributed by atoms with Crippen molar-refractivity contribution in [2.24, 2.45) is 0 Å². The Morgan fingerprint density at radius 1 is 0.143 bits per heavy atom. The van der Waals surface area contributed by atoms with Gasteiger partial charge in [0.05, 0.1) is 33.3 Å². The van der Waals surface area contributed by atoms with Gasteiger partial charge in [-0.25, -0.2) is 0 Å². The number of nitrogens with zero attached hydrogens (tertiary/aromatic N) is 3. The molecule has 105 heavy (non-hydrogen) atoms. The summed E-state index contributed by atoms with van der Waals surface area (Å²) in [5.41, 5.74) is 42.2. The van der Waals surface area contributed by atoms with Gasteiger partial charge in [0.2, 0.25) is 0 Å². The smallest absolute Gasteiger partial charge is 0.0726 e. The molecule has 16 aromatic carbocycles. The lowest BCUT2D eigenvalue weighted by atomic mass is 9.70. The van der Waals surface area contributed by atoms with Gasteiger partial charge >= 0.3 is 0 Å². The Bertz CT molecular complexity index is 5590. The molecule has 0 heterocycles. The first-order valence-electron chi connectivity index (χ1n) is 36.9. The van der Waals surface area contributed by atoms with Crippen LogP contribution in [0.5, 0.6) is 0 Å². The minimum absolute atomic E-state index is 0.569. The van der Waals surface area contributed by atoms with E-state index in [1.165, 1.54) is 150 Å². The zero-order valence-electron chi connectivity index (χ0n) is 58.5. The highest BCUT2D eigenvalue weighted by Gasteiger charge is 2.55. The first kappa shape index (κ1) is 59.6. The maximum atomic E-state index is 2.55. The summed E-state index contributed by atoms with van der Waals surface area (Å²) in [6.45, 7) is 6.68. The summed E-state index contributed by atoms with van der Waals surface area (Å²) < 4.78 is 0. The molecule has 6 aliphatic carbocycles. The number of fused-ring (bicyclic) bond motifs is 30. The second-order valence-corrected chi connectivity index (χ2v) is 29.6. The largest absolute Gasteiger partial charge is 0.310 e. The van der Waals surface area contributed by atoms with Gasteiger partial charge in [-0.1, -0.05) is 273 Å². The van der Waals surface area contributed by atoms with Crippen LogP contribution in [0.2, 0.25) is 0 Å². The van der Waals surface area contributed by atoms with Crippen molar-refractivity contribution >= 4 is 51.2 Å². The summed E-state index contributed by atoms with van der Waals surface area (Å²) in [6, 6.07) is 139. The van der Waals surface area contributed by atoms with Crippen LogP contribution in [0.3, 0.4) is 0 Å². The fourth-order valence-electron chi connectivity index (χ4n) is 20.3.